The Balaban J connectivity index is 2.57. The Hall–Kier alpha value is -2.73. The van der Waals surface area contributed by atoms with Gasteiger partial charge in [-0.25, -0.2) is 4.79 Å². The van der Waals surface area contributed by atoms with Crippen LogP contribution in [0, 0.1) is 10.1 Å². The second-order valence-electron chi connectivity index (χ2n) is 3.95. The van der Waals surface area contributed by atoms with Crippen molar-refractivity contribution in [3.63, 3.8) is 0 Å². The van der Waals surface area contributed by atoms with Gasteiger partial charge in [0.1, 0.15) is 0 Å². The van der Waals surface area contributed by atoms with Crippen LogP contribution in [-0.2, 0) is 0 Å². The molecule has 0 aromatic heterocycles. The predicted octanol–water partition coefficient (Wildman–Crippen LogP) is 3.56. The Labute approximate surface area is 124 Å². The van der Waals surface area contributed by atoms with Gasteiger partial charge in [0, 0.05) is 23.2 Å². The Kier molecular flexibility index (Phi) is 4.30. The van der Waals surface area contributed by atoms with Crippen molar-refractivity contribution in [1.29, 1.82) is 0 Å². The van der Waals surface area contributed by atoms with E-state index in [1.165, 1.54) is 12.1 Å². The minimum Gasteiger partial charge on any atom is -0.406 e. The second kappa shape index (κ2) is 6.15. The first-order valence-electron chi connectivity index (χ1n) is 5.75. The van der Waals surface area contributed by atoms with Gasteiger partial charge < -0.3 is 4.74 Å². The molecule has 2 rings (SSSR count). The maximum Gasteiger partial charge on any atom is 0.409 e. The first-order chi connectivity index (χ1) is 10.0. The third-order valence-corrected chi connectivity index (χ3v) is 2.73. The molecule has 106 valence electrons. The summed E-state index contributed by atoms with van der Waals surface area (Å²) in [4.78, 5) is 33.5. The van der Waals surface area contributed by atoms with Gasteiger partial charge in [-0.05, 0) is 6.07 Å². The molecule has 0 saturated carbocycles. The van der Waals surface area contributed by atoms with Crippen molar-refractivity contribution in [2.24, 2.45) is 0 Å². The van der Waals surface area contributed by atoms with E-state index >= 15 is 0 Å². The molecular formula is C14H8ClNO5. The number of halogens is 1. The zero-order valence-electron chi connectivity index (χ0n) is 10.5. The second-order valence-corrected chi connectivity index (χ2v) is 4.25. The van der Waals surface area contributed by atoms with Crippen LogP contribution in [-0.4, -0.2) is 16.1 Å². The van der Waals surface area contributed by atoms with Crippen molar-refractivity contribution in [1.82, 2.24) is 0 Å². The first-order valence-corrected chi connectivity index (χ1v) is 6.13. The Morgan fingerprint density at radius 1 is 1.05 bits per heavy atom. The van der Waals surface area contributed by atoms with Crippen LogP contribution in [0.3, 0.4) is 0 Å². The lowest BCUT2D eigenvalue weighted by atomic mass is 10.0. The number of nitro groups is 1. The lowest BCUT2D eigenvalue weighted by Crippen LogP contribution is -2.08. The molecule has 0 aliphatic heterocycles. The third kappa shape index (κ3) is 3.24. The van der Waals surface area contributed by atoms with Crippen LogP contribution in [0.5, 0.6) is 5.75 Å². The molecule has 0 radical (unpaired) electrons. The van der Waals surface area contributed by atoms with E-state index in [0.717, 1.165) is 6.07 Å². The molecule has 0 saturated heterocycles. The molecule has 0 heterocycles. The number of benzene rings is 2. The summed E-state index contributed by atoms with van der Waals surface area (Å²) in [6, 6.07) is 11.9. The molecule has 0 atom stereocenters. The number of hydrogen-bond acceptors (Lipinski definition) is 5. The van der Waals surface area contributed by atoms with E-state index in [4.69, 9.17) is 11.6 Å². The van der Waals surface area contributed by atoms with Crippen molar-refractivity contribution in [3.8, 4) is 5.75 Å². The molecule has 0 aliphatic rings. The van der Waals surface area contributed by atoms with E-state index in [9.17, 15) is 19.7 Å². The van der Waals surface area contributed by atoms with Crippen molar-refractivity contribution in [2.75, 3.05) is 0 Å². The van der Waals surface area contributed by atoms with E-state index < -0.39 is 27.6 Å². The maximum atomic E-state index is 12.4. The lowest BCUT2D eigenvalue weighted by Gasteiger charge is -2.08. The smallest absolute Gasteiger partial charge is 0.406 e. The molecule has 7 heteroatoms. The average molecular weight is 306 g/mol. The van der Waals surface area contributed by atoms with E-state index in [1.54, 1.807) is 30.3 Å². The van der Waals surface area contributed by atoms with E-state index in [-0.39, 0.29) is 5.56 Å². The molecule has 2 aromatic rings. The molecular weight excluding hydrogens is 298 g/mol. The summed E-state index contributed by atoms with van der Waals surface area (Å²) in [7, 11) is 0. The normalized spacial score (nSPS) is 9.95. The topological polar surface area (TPSA) is 86.5 Å². The quantitative estimate of drug-likeness (QED) is 0.373. The highest BCUT2D eigenvalue weighted by Crippen LogP contribution is 2.33. The summed E-state index contributed by atoms with van der Waals surface area (Å²) in [5.74, 6) is -0.969. The maximum absolute atomic E-state index is 12.4. The number of nitrogens with zero attached hydrogens (tertiary/aromatic N) is 1. The summed E-state index contributed by atoms with van der Waals surface area (Å²) in [5.41, 5.74) is -1.56. The molecule has 21 heavy (non-hydrogen) atoms. The highest BCUT2D eigenvalue weighted by atomic mass is 35.5. The SMILES string of the molecule is O=C(Cl)Oc1c(C(=O)c2ccccc2)cccc1[N+](=O)[O-]. The van der Waals surface area contributed by atoms with Gasteiger partial charge in [-0.1, -0.05) is 36.4 Å². The van der Waals surface area contributed by atoms with E-state index in [1.807, 2.05) is 0 Å². The Morgan fingerprint density at radius 2 is 1.71 bits per heavy atom. The van der Waals surface area contributed by atoms with Crippen molar-refractivity contribution in [2.45, 2.75) is 0 Å². The van der Waals surface area contributed by atoms with E-state index in [0.29, 0.717) is 5.56 Å². The van der Waals surface area contributed by atoms with Crippen molar-refractivity contribution >= 4 is 28.5 Å². The third-order valence-electron chi connectivity index (χ3n) is 2.65. The molecule has 0 spiro atoms. The van der Waals surface area contributed by atoms with Crippen LogP contribution in [0.1, 0.15) is 15.9 Å². The fraction of sp³-hybridized carbons (Fsp3) is 0. The number of carbonyl (C=O) groups is 2. The van der Waals surface area contributed by atoms with Gasteiger partial charge in [-0.3, -0.25) is 14.9 Å². The van der Waals surface area contributed by atoms with Crippen LogP contribution in [0.2, 0.25) is 0 Å². The fourth-order valence-corrected chi connectivity index (χ4v) is 1.86. The number of para-hydroxylation sites is 1. The van der Waals surface area contributed by atoms with Gasteiger partial charge in [-0.15, -0.1) is 0 Å². The van der Waals surface area contributed by atoms with Gasteiger partial charge in [0.25, 0.3) is 0 Å². The number of rotatable bonds is 4. The van der Waals surface area contributed by atoms with Gasteiger partial charge in [0.15, 0.2) is 5.78 Å². The minimum atomic E-state index is -1.26. The lowest BCUT2D eigenvalue weighted by molar-refractivity contribution is -0.385. The number of hydrogen-bond donors (Lipinski definition) is 0. The predicted molar refractivity (Wildman–Crippen MR) is 74.8 cm³/mol. The van der Waals surface area contributed by atoms with Crippen LogP contribution in [0.25, 0.3) is 0 Å². The van der Waals surface area contributed by atoms with Gasteiger partial charge >= 0.3 is 11.1 Å². The van der Waals surface area contributed by atoms with E-state index in [2.05, 4.69) is 4.74 Å². The molecule has 0 aliphatic carbocycles. The number of ketones is 1. The monoisotopic (exact) mass is 305 g/mol. The first kappa shape index (κ1) is 14.7. The van der Waals surface area contributed by atoms with Gasteiger partial charge in [0.05, 0.1) is 10.5 Å². The molecule has 2 aromatic carbocycles. The number of nitro benzene ring substituents is 1. The summed E-state index contributed by atoms with van der Waals surface area (Å²) in [5, 5.41) is 11.0. The van der Waals surface area contributed by atoms with Crippen molar-refractivity contribution in [3.05, 3.63) is 69.8 Å². The molecule has 0 N–H and O–H groups in total. The molecule has 0 fully saturated rings. The summed E-state index contributed by atoms with van der Waals surface area (Å²) >= 11 is 5.12. The standard InChI is InChI=1S/C14H8ClNO5/c15-14(18)21-13-10(7-4-8-11(13)16(19)20)12(17)9-5-2-1-3-6-9/h1-8H. The Bertz CT molecular complexity index is 715. The number of ether oxygens (including phenoxy) is 1. The highest BCUT2D eigenvalue weighted by Gasteiger charge is 2.25. The van der Waals surface area contributed by atoms with Crippen molar-refractivity contribution < 1.29 is 19.2 Å². The zero-order chi connectivity index (χ0) is 15.4. The molecule has 0 unspecified atom stereocenters. The Morgan fingerprint density at radius 3 is 2.29 bits per heavy atom. The minimum absolute atomic E-state index is 0.107. The highest BCUT2D eigenvalue weighted by molar-refractivity contribution is 6.61. The van der Waals surface area contributed by atoms with Gasteiger partial charge in [0.2, 0.25) is 5.75 Å². The largest absolute Gasteiger partial charge is 0.409 e. The van der Waals surface area contributed by atoms with Crippen LogP contribution in [0.15, 0.2) is 48.5 Å². The molecule has 6 nitrogen and oxygen atoms in total. The zero-order valence-corrected chi connectivity index (χ0v) is 11.2. The average Bonchev–Trinajstić information content (AvgIpc) is 2.47. The molecule has 0 amide bonds. The van der Waals surface area contributed by atoms with Gasteiger partial charge in [-0.2, -0.15) is 0 Å². The van der Waals surface area contributed by atoms with Crippen LogP contribution < -0.4 is 4.74 Å². The van der Waals surface area contributed by atoms with Crippen LogP contribution in [0.4, 0.5) is 10.5 Å². The summed E-state index contributed by atoms with van der Waals surface area (Å²) < 4.78 is 4.64. The number of carbonyl (C=O) groups excluding carboxylic acids is 2. The van der Waals surface area contributed by atoms with Crippen LogP contribution >= 0.6 is 11.6 Å². The fourth-order valence-electron chi connectivity index (χ4n) is 1.78. The molecule has 0 bridgehead atoms. The summed E-state index contributed by atoms with van der Waals surface area (Å²) in [6.45, 7) is 0. The summed E-state index contributed by atoms with van der Waals surface area (Å²) in [6.07, 6.45) is 0.